The molecule has 0 spiro atoms. The number of hydrogen-bond donors (Lipinski definition) is 1. The molecule has 0 saturated heterocycles. The van der Waals surface area contributed by atoms with E-state index < -0.39 is 0 Å². The molecule has 1 N–H and O–H groups in total. The molecule has 0 fully saturated rings. The van der Waals surface area contributed by atoms with E-state index in [1.54, 1.807) is 18.0 Å². The van der Waals surface area contributed by atoms with Crippen LogP contribution in [0.3, 0.4) is 0 Å². The maximum Gasteiger partial charge on any atom is 0.216 e. The normalized spacial score (nSPS) is 11.1. The zero-order valence-corrected chi connectivity index (χ0v) is 16.4. The van der Waals surface area contributed by atoms with Crippen LogP contribution in [0.1, 0.15) is 29.4 Å². The molecule has 6 nitrogen and oxygen atoms in total. The Kier molecular flexibility index (Phi) is 6.03. The van der Waals surface area contributed by atoms with Gasteiger partial charge >= 0.3 is 0 Å². The van der Waals surface area contributed by atoms with E-state index in [0.29, 0.717) is 22.9 Å². The molecule has 1 heterocycles. The summed E-state index contributed by atoms with van der Waals surface area (Å²) < 4.78 is 13.6. The van der Waals surface area contributed by atoms with Crippen LogP contribution in [-0.2, 0) is 13.0 Å². The van der Waals surface area contributed by atoms with E-state index >= 15 is 0 Å². The van der Waals surface area contributed by atoms with Crippen LogP contribution in [0.2, 0.25) is 0 Å². The number of rotatable bonds is 7. The smallest absolute Gasteiger partial charge is 0.216 e. The summed E-state index contributed by atoms with van der Waals surface area (Å²) in [5, 5.41) is 11.4. The quantitative estimate of drug-likeness (QED) is 0.489. The maximum atomic E-state index is 6.08. The average molecular weight is 382 g/mol. The van der Waals surface area contributed by atoms with Gasteiger partial charge in [-0.25, -0.2) is 0 Å². The molecule has 0 unspecified atom stereocenters. The number of aryl methyl sites for hydroxylation is 2. The van der Waals surface area contributed by atoms with Gasteiger partial charge in [0.15, 0.2) is 17.3 Å². The van der Waals surface area contributed by atoms with Gasteiger partial charge in [0.2, 0.25) is 4.77 Å². The number of nitrogens with zero attached hydrogens (tertiary/aromatic N) is 3. The molecule has 27 heavy (non-hydrogen) atoms. The minimum atomic E-state index is 0.439. The lowest BCUT2D eigenvalue weighted by Gasteiger charge is -2.13. The van der Waals surface area contributed by atoms with E-state index in [-0.39, 0.29) is 0 Å². The standard InChI is InChI=1S/C20H22N4O2S/c1-4-18-22-23-20(27)24(18)21-12-16-9-6-10-17(25-3)19(16)26-13-15-8-5-7-14(2)11-15/h5-12H,4,13H2,1-3H3,(H,23,27)/b21-12+. The summed E-state index contributed by atoms with van der Waals surface area (Å²) >= 11 is 5.24. The fraction of sp³-hybridized carbons (Fsp3) is 0.250. The summed E-state index contributed by atoms with van der Waals surface area (Å²) in [7, 11) is 1.62. The monoisotopic (exact) mass is 382 g/mol. The molecule has 0 amide bonds. The number of ether oxygens (including phenoxy) is 2. The van der Waals surface area contributed by atoms with Gasteiger partial charge in [-0.15, -0.1) is 0 Å². The van der Waals surface area contributed by atoms with Crippen molar-refractivity contribution in [2.75, 3.05) is 7.11 Å². The van der Waals surface area contributed by atoms with Crippen LogP contribution in [-0.4, -0.2) is 28.2 Å². The van der Waals surface area contributed by atoms with E-state index in [1.165, 1.54) is 5.56 Å². The molecule has 0 aliphatic heterocycles. The van der Waals surface area contributed by atoms with Crippen molar-refractivity contribution in [3.63, 3.8) is 0 Å². The van der Waals surface area contributed by atoms with Crippen molar-refractivity contribution >= 4 is 18.4 Å². The van der Waals surface area contributed by atoms with Crippen molar-refractivity contribution in [2.45, 2.75) is 26.9 Å². The Bertz CT molecular complexity index is 1010. The fourth-order valence-electron chi connectivity index (χ4n) is 2.70. The molecule has 0 aliphatic rings. The third kappa shape index (κ3) is 4.43. The van der Waals surface area contributed by atoms with Gasteiger partial charge in [-0.1, -0.05) is 42.8 Å². The lowest BCUT2D eigenvalue weighted by Crippen LogP contribution is -2.02. The number of nitrogens with one attached hydrogen (secondary N) is 1. The van der Waals surface area contributed by atoms with Gasteiger partial charge in [-0.2, -0.15) is 14.9 Å². The van der Waals surface area contributed by atoms with Gasteiger partial charge in [0.1, 0.15) is 6.61 Å². The second-order valence-corrected chi connectivity index (χ2v) is 6.40. The highest BCUT2D eigenvalue weighted by atomic mass is 32.1. The van der Waals surface area contributed by atoms with Gasteiger partial charge in [-0.05, 0) is 36.8 Å². The van der Waals surface area contributed by atoms with E-state index in [1.807, 2.05) is 37.3 Å². The van der Waals surface area contributed by atoms with Gasteiger partial charge in [0.05, 0.1) is 13.3 Å². The van der Waals surface area contributed by atoms with Crippen molar-refractivity contribution < 1.29 is 9.47 Å². The number of hydrogen-bond acceptors (Lipinski definition) is 5. The van der Waals surface area contributed by atoms with Crippen LogP contribution < -0.4 is 9.47 Å². The summed E-state index contributed by atoms with van der Waals surface area (Å²) in [4.78, 5) is 0. The number of H-pyrrole nitrogens is 1. The lowest BCUT2D eigenvalue weighted by atomic mass is 10.1. The zero-order valence-electron chi connectivity index (χ0n) is 15.6. The zero-order chi connectivity index (χ0) is 19.2. The van der Waals surface area contributed by atoms with Crippen molar-refractivity contribution in [1.82, 2.24) is 14.9 Å². The first-order chi connectivity index (χ1) is 13.1. The molecule has 1 aromatic heterocycles. The molecule has 0 atom stereocenters. The van der Waals surface area contributed by atoms with Gasteiger partial charge < -0.3 is 9.47 Å². The maximum absolute atomic E-state index is 6.08. The third-order valence-corrected chi connectivity index (χ3v) is 4.31. The Labute approximate surface area is 163 Å². The molecule has 3 aromatic rings. The molecule has 3 rings (SSSR count). The average Bonchev–Trinajstić information content (AvgIpc) is 3.04. The van der Waals surface area contributed by atoms with Gasteiger partial charge in [0, 0.05) is 12.0 Å². The molecular formula is C20H22N4O2S. The number of benzene rings is 2. The summed E-state index contributed by atoms with van der Waals surface area (Å²) in [5.74, 6) is 2.05. The van der Waals surface area contributed by atoms with E-state index in [2.05, 4.69) is 34.4 Å². The molecule has 0 bridgehead atoms. The number of aromatic amines is 1. The van der Waals surface area contributed by atoms with Crippen molar-refractivity contribution in [3.05, 3.63) is 69.8 Å². The van der Waals surface area contributed by atoms with Crippen LogP contribution in [0.5, 0.6) is 11.5 Å². The highest BCUT2D eigenvalue weighted by Crippen LogP contribution is 2.31. The molecule has 140 valence electrons. The van der Waals surface area contributed by atoms with E-state index in [4.69, 9.17) is 21.7 Å². The van der Waals surface area contributed by atoms with Crippen LogP contribution in [0.4, 0.5) is 0 Å². The Morgan fingerprint density at radius 2 is 2.07 bits per heavy atom. The third-order valence-electron chi connectivity index (χ3n) is 4.04. The summed E-state index contributed by atoms with van der Waals surface area (Å²) in [5.41, 5.74) is 3.08. The first kappa shape index (κ1) is 18.8. The predicted octanol–water partition coefficient (Wildman–Crippen LogP) is 4.28. The Morgan fingerprint density at radius 3 is 2.81 bits per heavy atom. The molecule has 0 aliphatic carbocycles. The van der Waals surface area contributed by atoms with Crippen molar-refractivity contribution in [1.29, 1.82) is 0 Å². The Balaban J connectivity index is 1.90. The number of methoxy groups -OCH3 is 1. The van der Waals surface area contributed by atoms with E-state index in [0.717, 1.165) is 23.4 Å². The summed E-state index contributed by atoms with van der Waals surface area (Å²) in [6, 6.07) is 13.9. The SMILES string of the molecule is CCc1n[nH]c(=S)n1/N=C/c1cccc(OC)c1OCc1cccc(C)c1. The largest absolute Gasteiger partial charge is 0.493 e. The molecule has 2 aromatic carbocycles. The highest BCUT2D eigenvalue weighted by Gasteiger charge is 2.10. The first-order valence-corrected chi connectivity index (χ1v) is 9.09. The fourth-order valence-corrected chi connectivity index (χ4v) is 2.90. The minimum absolute atomic E-state index is 0.439. The molecule has 7 heteroatoms. The van der Waals surface area contributed by atoms with Gasteiger partial charge in [-0.3, -0.25) is 5.10 Å². The Morgan fingerprint density at radius 1 is 1.26 bits per heavy atom. The topological polar surface area (TPSA) is 64.4 Å². The van der Waals surface area contributed by atoms with E-state index in [9.17, 15) is 0 Å². The van der Waals surface area contributed by atoms with Crippen LogP contribution in [0, 0.1) is 11.7 Å². The summed E-state index contributed by atoms with van der Waals surface area (Å²) in [6.07, 6.45) is 2.43. The van der Waals surface area contributed by atoms with Crippen molar-refractivity contribution in [2.24, 2.45) is 5.10 Å². The lowest BCUT2D eigenvalue weighted by molar-refractivity contribution is 0.284. The number of aromatic nitrogens is 3. The van der Waals surface area contributed by atoms with Gasteiger partial charge in [0.25, 0.3) is 0 Å². The van der Waals surface area contributed by atoms with Crippen LogP contribution >= 0.6 is 12.2 Å². The highest BCUT2D eigenvalue weighted by molar-refractivity contribution is 7.71. The minimum Gasteiger partial charge on any atom is -0.493 e. The second-order valence-electron chi connectivity index (χ2n) is 6.01. The molecule has 0 saturated carbocycles. The molecule has 0 radical (unpaired) electrons. The first-order valence-electron chi connectivity index (χ1n) is 8.68. The predicted molar refractivity (Wildman–Crippen MR) is 108 cm³/mol. The Hall–Kier alpha value is -2.93. The number of para-hydroxylation sites is 1. The second kappa shape index (κ2) is 8.64. The van der Waals surface area contributed by atoms with Crippen molar-refractivity contribution in [3.8, 4) is 11.5 Å². The van der Waals surface area contributed by atoms with Crippen LogP contribution in [0.25, 0.3) is 0 Å². The van der Waals surface area contributed by atoms with Crippen LogP contribution in [0.15, 0.2) is 47.6 Å². The summed E-state index contributed by atoms with van der Waals surface area (Å²) in [6.45, 7) is 4.50. The molecular weight excluding hydrogens is 360 g/mol.